The van der Waals surface area contributed by atoms with Gasteiger partial charge in [-0.1, -0.05) is 28.6 Å². The zero-order chi connectivity index (χ0) is 22.7. The van der Waals surface area contributed by atoms with Crippen LogP contribution in [0.3, 0.4) is 0 Å². The third kappa shape index (κ3) is 4.27. The van der Waals surface area contributed by atoms with Crippen molar-refractivity contribution in [2.75, 3.05) is 11.1 Å². The summed E-state index contributed by atoms with van der Waals surface area (Å²) in [6.45, 7) is 3.55. The predicted molar refractivity (Wildman–Crippen MR) is 109 cm³/mol. The molecule has 0 saturated heterocycles. The molecule has 156 valence electrons. The molecule has 0 aliphatic heterocycles. The second-order valence-corrected chi connectivity index (χ2v) is 7.93. The lowest BCUT2D eigenvalue weighted by Gasteiger charge is -2.15. The molecule has 1 aromatic carbocycles. The van der Waals surface area contributed by atoms with E-state index in [1.807, 2.05) is 37.3 Å². The fraction of sp³-hybridized carbons (Fsp3) is 0.200. The number of nitrogen functional groups attached to an aromatic ring is 1. The molecule has 11 heteroatoms. The lowest BCUT2D eigenvalue weighted by molar-refractivity contribution is -0.730. The van der Waals surface area contributed by atoms with Crippen molar-refractivity contribution in [3.63, 3.8) is 0 Å². The monoisotopic (exact) mass is 435 g/mol. The van der Waals surface area contributed by atoms with Gasteiger partial charge in [0.25, 0.3) is 5.69 Å². The van der Waals surface area contributed by atoms with Crippen molar-refractivity contribution in [3.05, 3.63) is 41.0 Å². The van der Waals surface area contributed by atoms with Gasteiger partial charge in [-0.05, 0) is 31.5 Å². The van der Waals surface area contributed by atoms with Crippen molar-refractivity contribution < 1.29 is 19.1 Å². The number of thioether (sulfide) groups is 1. The van der Waals surface area contributed by atoms with E-state index in [0.29, 0.717) is 5.69 Å². The smallest absolute Gasteiger partial charge is 0.266 e. The number of hydrogen-bond acceptors (Lipinski definition) is 9. The SMILES string of the molecule is Cc1cccc(NC(=O)C(C)Sc2nc(N)c(C#N)c(-c3c([O-])on[n+]3C)c2C#N)c1. The van der Waals surface area contributed by atoms with Gasteiger partial charge in [0, 0.05) is 5.69 Å². The molecule has 1 unspecified atom stereocenters. The van der Waals surface area contributed by atoms with Gasteiger partial charge in [0.2, 0.25) is 5.91 Å². The summed E-state index contributed by atoms with van der Waals surface area (Å²) in [5, 5.41) is 37.3. The Morgan fingerprint density at radius 1 is 1.35 bits per heavy atom. The van der Waals surface area contributed by atoms with Crippen molar-refractivity contribution in [1.82, 2.24) is 10.3 Å². The quantitative estimate of drug-likeness (QED) is 0.444. The highest BCUT2D eigenvalue weighted by molar-refractivity contribution is 8.00. The minimum atomic E-state index is -0.831. The summed E-state index contributed by atoms with van der Waals surface area (Å²) >= 11 is 0.985. The Hall–Kier alpha value is -4.09. The zero-order valence-corrected chi connectivity index (χ0v) is 17.6. The van der Waals surface area contributed by atoms with E-state index in [9.17, 15) is 20.4 Å². The van der Waals surface area contributed by atoms with Gasteiger partial charge >= 0.3 is 0 Å². The number of nitriles is 2. The Morgan fingerprint density at radius 2 is 2.06 bits per heavy atom. The number of aromatic nitrogens is 3. The Labute approximate surface area is 181 Å². The summed E-state index contributed by atoms with van der Waals surface area (Å²) in [7, 11) is 1.43. The first kappa shape index (κ1) is 21.6. The van der Waals surface area contributed by atoms with Gasteiger partial charge in [-0.15, -0.1) is 0 Å². The number of anilines is 2. The van der Waals surface area contributed by atoms with E-state index < -0.39 is 11.2 Å². The van der Waals surface area contributed by atoms with Gasteiger partial charge in [-0.2, -0.15) is 10.5 Å². The number of nitrogens with two attached hydrogens (primary N) is 1. The van der Waals surface area contributed by atoms with Crippen molar-refractivity contribution in [1.29, 1.82) is 10.5 Å². The molecular weight excluding hydrogens is 418 g/mol. The third-order valence-electron chi connectivity index (χ3n) is 4.36. The Bertz CT molecular complexity index is 1240. The molecule has 3 aromatic rings. The molecule has 0 aliphatic rings. The molecule has 3 rings (SSSR count). The minimum absolute atomic E-state index is 0.0277. The average molecular weight is 435 g/mol. The molecule has 0 radical (unpaired) electrons. The number of nitrogens with one attached hydrogen (secondary N) is 1. The maximum Gasteiger partial charge on any atom is 0.266 e. The number of nitrogens with zero attached hydrogens (tertiary/aromatic N) is 5. The largest absolute Gasteiger partial charge is 0.539 e. The molecule has 0 bridgehead atoms. The molecular formula is C20H17N7O3S. The highest BCUT2D eigenvalue weighted by atomic mass is 32.2. The van der Waals surface area contributed by atoms with E-state index in [-0.39, 0.29) is 39.1 Å². The lowest BCUT2D eigenvalue weighted by Crippen LogP contribution is -2.32. The number of amides is 1. The number of rotatable bonds is 5. The summed E-state index contributed by atoms with van der Waals surface area (Å²) in [6, 6.07) is 11.2. The van der Waals surface area contributed by atoms with Crippen LogP contribution in [0.4, 0.5) is 11.5 Å². The van der Waals surface area contributed by atoms with Crippen molar-refractivity contribution in [2.24, 2.45) is 7.05 Å². The maximum atomic E-state index is 12.7. The molecule has 3 N–H and O–H groups in total. The van der Waals surface area contributed by atoms with Gasteiger partial charge in [-0.25, -0.2) is 4.98 Å². The first-order valence-electron chi connectivity index (χ1n) is 8.98. The molecule has 0 aliphatic carbocycles. The van der Waals surface area contributed by atoms with Crippen molar-refractivity contribution >= 4 is 29.2 Å². The Balaban J connectivity index is 2.01. The van der Waals surface area contributed by atoms with Crippen LogP contribution in [0.2, 0.25) is 0 Å². The summed E-state index contributed by atoms with van der Waals surface area (Å²) in [5.41, 5.74) is 7.21. The zero-order valence-electron chi connectivity index (χ0n) is 16.8. The van der Waals surface area contributed by atoms with E-state index in [1.165, 1.54) is 7.05 Å². The van der Waals surface area contributed by atoms with Crippen LogP contribution in [0.25, 0.3) is 11.3 Å². The van der Waals surface area contributed by atoms with E-state index in [4.69, 9.17) is 5.73 Å². The fourth-order valence-corrected chi connectivity index (χ4v) is 3.80. The van der Waals surface area contributed by atoms with E-state index >= 15 is 0 Å². The van der Waals surface area contributed by atoms with Crippen LogP contribution in [-0.2, 0) is 11.8 Å². The molecule has 10 nitrogen and oxygen atoms in total. The van der Waals surface area contributed by atoms with Gasteiger partial charge in [0.05, 0.1) is 21.6 Å². The van der Waals surface area contributed by atoms with E-state index in [1.54, 1.807) is 13.0 Å². The van der Waals surface area contributed by atoms with E-state index in [0.717, 1.165) is 22.0 Å². The second-order valence-electron chi connectivity index (χ2n) is 6.60. The second kappa shape index (κ2) is 8.73. The first-order chi connectivity index (χ1) is 14.8. The maximum absolute atomic E-state index is 12.7. The molecule has 31 heavy (non-hydrogen) atoms. The van der Waals surface area contributed by atoms with Gasteiger partial charge in [0.15, 0.2) is 13.0 Å². The van der Waals surface area contributed by atoms with Crippen LogP contribution in [0.5, 0.6) is 5.95 Å². The van der Waals surface area contributed by atoms with Crippen LogP contribution < -0.4 is 20.8 Å². The fourth-order valence-electron chi connectivity index (χ4n) is 2.89. The first-order valence-corrected chi connectivity index (χ1v) is 9.86. The molecule has 1 atom stereocenters. The van der Waals surface area contributed by atoms with Gasteiger partial charge in [0.1, 0.15) is 28.5 Å². The summed E-state index contributed by atoms with van der Waals surface area (Å²) in [4.78, 5) is 16.8. The highest BCUT2D eigenvalue weighted by Crippen LogP contribution is 2.37. The Kier molecular flexibility index (Phi) is 6.09. The van der Waals surface area contributed by atoms with Crippen LogP contribution in [0.1, 0.15) is 23.6 Å². The van der Waals surface area contributed by atoms with Crippen LogP contribution in [-0.4, -0.2) is 21.4 Å². The minimum Gasteiger partial charge on any atom is -0.539 e. The average Bonchev–Trinajstić information content (AvgIpc) is 3.05. The number of hydrogen-bond donors (Lipinski definition) is 2. The van der Waals surface area contributed by atoms with Gasteiger partial charge < -0.3 is 20.7 Å². The molecule has 0 spiro atoms. The summed E-state index contributed by atoms with van der Waals surface area (Å²) in [5.74, 6) is -1.32. The Morgan fingerprint density at radius 3 is 2.65 bits per heavy atom. The number of aryl methyl sites for hydroxylation is 2. The van der Waals surface area contributed by atoms with Crippen LogP contribution in [0.15, 0.2) is 33.8 Å². The lowest BCUT2D eigenvalue weighted by atomic mass is 10.0. The van der Waals surface area contributed by atoms with Crippen LogP contribution >= 0.6 is 11.8 Å². The summed E-state index contributed by atoms with van der Waals surface area (Å²) in [6.07, 6.45) is 0. The molecule has 2 aromatic heterocycles. The number of benzene rings is 1. The van der Waals surface area contributed by atoms with Crippen molar-refractivity contribution in [2.45, 2.75) is 24.1 Å². The topological polar surface area (TPSA) is 169 Å². The summed E-state index contributed by atoms with van der Waals surface area (Å²) < 4.78 is 5.74. The molecule has 0 saturated carbocycles. The molecule has 1 amide bonds. The molecule has 0 fully saturated rings. The van der Waals surface area contributed by atoms with E-state index in [2.05, 4.69) is 20.1 Å². The molecule has 2 heterocycles. The number of carbonyl (C=O) groups excluding carboxylic acids is 1. The van der Waals surface area contributed by atoms with Gasteiger partial charge in [-0.3, -0.25) is 4.79 Å². The number of carbonyl (C=O) groups is 1. The van der Waals surface area contributed by atoms with Crippen LogP contribution in [0, 0.1) is 29.6 Å². The third-order valence-corrected chi connectivity index (χ3v) is 5.45. The highest BCUT2D eigenvalue weighted by Gasteiger charge is 2.30. The van der Waals surface area contributed by atoms with Crippen molar-refractivity contribution in [3.8, 4) is 29.3 Å². The predicted octanol–water partition coefficient (Wildman–Crippen LogP) is 1.39. The normalized spacial score (nSPS) is 11.4. The number of pyridine rings is 1. The standard InChI is InChI=1S/C20H17N7O3S/c1-10-5-4-6-12(7-10)24-18(28)11(2)31-19-14(9-22)15(13(8-21)17(23)25-19)16-20(29)30-26-27(16)3/h4-7,11H,1-3H3,(H3-,23,24,25,26,28,29).